The second kappa shape index (κ2) is 4.60. The molecule has 1 aromatic heterocycles. The Balaban J connectivity index is 0.000000640. The summed E-state index contributed by atoms with van der Waals surface area (Å²) in [5, 5.41) is 8.73. The monoisotopic (exact) mass is 167 g/mol. The van der Waals surface area contributed by atoms with Crippen molar-refractivity contribution in [2.75, 3.05) is 0 Å². The fourth-order valence-electron chi connectivity index (χ4n) is 0.419. The predicted molar refractivity (Wildman–Crippen MR) is 39.6 cm³/mol. The molecule has 1 aromatic rings. The summed E-state index contributed by atoms with van der Waals surface area (Å²) in [6.45, 7) is 0. The second-order valence-electron chi connectivity index (χ2n) is 1.38. The molecule has 44 valence electrons. The number of nitrogens with zero attached hydrogens (tertiary/aromatic N) is 1. The van der Waals surface area contributed by atoms with Gasteiger partial charge in [-0.15, -0.1) is 0 Å². The van der Waals surface area contributed by atoms with Gasteiger partial charge in [0, 0.05) is 6.20 Å². The number of hydrogen-bond acceptors (Lipinski definition) is 2. The zero-order chi connectivity index (χ0) is 5.98. The summed E-state index contributed by atoms with van der Waals surface area (Å²) in [5.74, 6) is 0. The van der Waals surface area contributed by atoms with Gasteiger partial charge < -0.3 is 5.21 Å². The molecule has 9 heavy (non-hydrogen) atoms. The molecule has 0 amide bonds. The van der Waals surface area contributed by atoms with Crippen molar-refractivity contribution in [2.45, 2.75) is 0 Å². The zero-order valence-electron chi connectivity index (χ0n) is 4.11. The van der Waals surface area contributed by atoms with E-state index < -0.39 is 0 Å². The number of hydrogen-bond donors (Lipinski definition) is 1. The van der Waals surface area contributed by atoms with E-state index in [-0.39, 0.29) is 51.4 Å². The van der Waals surface area contributed by atoms with E-state index in [0.29, 0.717) is 4.64 Å². The Morgan fingerprint density at radius 1 is 1.44 bits per heavy atom. The maximum atomic E-state index is 8.73. The molecule has 0 atom stereocenters. The van der Waals surface area contributed by atoms with Crippen LogP contribution in [-0.2, 0) is 0 Å². The molecule has 1 heterocycles. The number of aromatic nitrogens is 1. The van der Waals surface area contributed by atoms with Gasteiger partial charge in [-0.3, -0.25) is 0 Å². The van der Waals surface area contributed by atoms with Gasteiger partial charge >= 0.3 is 51.4 Å². The van der Waals surface area contributed by atoms with Gasteiger partial charge in [0.15, 0.2) is 0 Å². The van der Waals surface area contributed by atoms with Gasteiger partial charge in [-0.1, -0.05) is 18.3 Å². The van der Waals surface area contributed by atoms with Crippen LogP contribution in [0.5, 0.6) is 0 Å². The standard InChI is InChI=1S/C5H5NOS.K.H/c7-6-4-2-1-3-5(6)8;;/h1-4,7H;;. The molecular formula is C5H6KNOS. The van der Waals surface area contributed by atoms with Gasteiger partial charge in [-0.2, -0.15) is 4.73 Å². The molecule has 0 aromatic carbocycles. The summed E-state index contributed by atoms with van der Waals surface area (Å²) in [4.78, 5) is 0. The third kappa shape index (κ3) is 2.93. The van der Waals surface area contributed by atoms with Crippen molar-refractivity contribution in [1.82, 2.24) is 4.73 Å². The van der Waals surface area contributed by atoms with Crippen molar-refractivity contribution >= 4 is 63.6 Å². The topological polar surface area (TPSA) is 25.2 Å². The van der Waals surface area contributed by atoms with E-state index in [4.69, 9.17) is 5.21 Å². The summed E-state index contributed by atoms with van der Waals surface area (Å²) in [7, 11) is 0. The van der Waals surface area contributed by atoms with Crippen molar-refractivity contribution in [3.8, 4) is 0 Å². The molecule has 4 heteroatoms. The van der Waals surface area contributed by atoms with Crippen LogP contribution in [0.2, 0.25) is 0 Å². The van der Waals surface area contributed by atoms with Crippen LogP contribution < -0.4 is 0 Å². The van der Waals surface area contributed by atoms with Gasteiger partial charge in [-0.25, -0.2) is 0 Å². The van der Waals surface area contributed by atoms with Crippen LogP contribution in [-0.4, -0.2) is 61.3 Å². The molecule has 0 fully saturated rings. The summed E-state index contributed by atoms with van der Waals surface area (Å²) >= 11 is 4.67. The van der Waals surface area contributed by atoms with E-state index >= 15 is 0 Å². The van der Waals surface area contributed by atoms with Gasteiger partial charge in [0.05, 0.1) is 0 Å². The van der Waals surface area contributed by atoms with Gasteiger partial charge in [0.1, 0.15) is 4.64 Å². The third-order valence-corrected chi connectivity index (χ3v) is 1.13. The third-order valence-electron chi connectivity index (χ3n) is 0.803. The summed E-state index contributed by atoms with van der Waals surface area (Å²) in [6.07, 6.45) is 1.49. The predicted octanol–water partition coefficient (Wildman–Crippen LogP) is 0.806. The van der Waals surface area contributed by atoms with Crippen molar-refractivity contribution in [2.24, 2.45) is 0 Å². The normalized spacial score (nSPS) is 8.00. The second-order valence-corrected chi connectivity index (χ2v) is 1.80. The first-order valence-electron chi connectivity index (χ1n) is 2.17. The molecule has 0 spiro atoms. The summed E-state index contributed by atoms with van der Waals surface area (Å²) in [6, 6.07) is 5.13. The Morgan fingerprint density at radius 2 is 2.11 bits per heavy atom. The molecule has 2 nitrogen and oxygen atoms in total. The van der Waals surface area contributed by atoms with Crippen LogP contribution in [0.4, 0.5) is 0 Å². The molecule has 0 saturated heterocycles. The van der Waals surface area contributed by atoms with E-state index in [0.717, 1.165) is 4.73 Å². The first kappa shape index (κ1) is 9.81. The Morgan fingerprint density at radius 3 is 2.44 bits per heavy atom. The van der Waals surface area contributed by atoms with E-state index in [9.17, 15) is 0 Å². The van der Waals surface area contributed by atoms with E-state index in [1.807, 2.05) is 0 Å². The maximum absolute atomic E-state index is 8.73. The van der Waals surface area contributed by atoms with Crippen LogP contribution >= 0.6 is 12.2 Å². The van der Waals surface area contributed by atoms with Crippen molar-refractivity contribution in [3.05, 3.63) is 29.0 Å². The Kier molecular flexibility index (Phi) is 5.01. The fraction of sp³-hybridized carbons (Fsp3) is 0. The molecular weight excluding hydrogens is 161 g/mol. The molecule has 0 unspecified atom stereocenters. The minimum absolute atomic E-state index is 0. The van der Waals surface area contributed by atoms with Gasteiger partial charge in [0.2, 0.25) is 0 Å². The molecule has 0 radical (unpaired) electrons. The fourth-order valence-corrected chi connectivity index (χ4v) is 0.558. The zero-order valence-corrected chi connectivity index (χ0v) is 4.93. The van der Waals surface area contributed by atoms with Crippen LogP contribution in [0.3, 0.4) is 0 Å². The quantitative estimate of drug-likeness (QED) is 0.351. The first-order valence-corrected chi connectivity index (χ1v) is 2.58. The molecule has 0 aliphatic carbocycles. The van der Waals surface area contributed by atoms with Crippen LogP contribution in [0.15, 0.2) is 24.4 Å². The summed E-state index contributed by atoms with van der Waals surface area (Å²) < 4.78 is 1.32. The van der Waals surface area contributed by atoms with E-state index in [2.05, 4.69) is 12.2 Å². The Bertz CT molecular complexity index is 234. The van der Waals surface area contributed by atoms with Crippen molar-refractivity contribution < 1.29 is 5.21 Å². The average molecular weight is 167 g/mol. The van der Waals surface area contributed by atoms with Crippen LogP contribution in [0, 0.1) is 4.64 Å². The van der Waals surface area contributed by atoms with E-state index in [1.54, 1.807) is 18.2 Å². The van der Waals surface area contributed by atoms with Gasteiger partial charge in [0.25, 0.3) is 0 Å². The Hall–Kier alpha value is 0.806. The van der Waals surface area contributed by atoms with Crippen molar-refractivity contribution in [3.63, 3.8) is 0 Å². The van der Waals surface area contributed by atoms with Crippen LogP contribution in [0.1, 0.15) is 0 Å². The minimum atomic E-state index is 0. The van der Waals surface area contributed by atoms with Crippen molar-refractivity contribution in [1.29, 1.82) is 0 Å². The van der Waals surface area contributed by atoms with Gasteiger partial charge in [-0.05, 0) is 12.1 Å². The Labute approximate surface area is 101 Å². The molecule has 0 aliphatic rings. The number of rotatable bonds is 0. The summed E-state index contributed by atoms with van der Waals surface area (Å²) in [5.41, 5.74) is 0. The van der Waals surface area contributed by atoms with Crippen LogP contribution in [0.25, 0.3) is 0 Å². The first-order chi connectivity index (χ1) is 3.80. The molecule has 1 rings (SSSR count). The number of pyridine rings is 1. The molecule has 1 N–H and O–H groups in total. The SMILES string of the molecule is On1ccccc1=S.[KH]. The molecule has 0 bridgehead atoms. The van der Waals surface area contributed by atoms with E-state index in [1.165, 1.54) is 6.20 Å². The molecule has 0 saturated carbocycles. The average Bonchev–Trinajstić information content (AvgIpc) is 1.77. The molecule has 0 aliphatic heterocycles.